The summed E-state index contributed by atoms with van der Waals surface area (Å²) in [6.45, 7) is 6.88. The van der Waals surface area contributed by atoms with Crippen LogP contribution in [0.15, 0.2) is 30.3 Å². The van der Waals surface area contributed by atoms with Gasteiger partial charge >= 0.3 is 0 Å². The largest absolute Gasteiger partial charge is 0.389 e. The number of hydrogen-bond acceptors (Lipinski definition) is 2. The van der Waals surface area contributed by atoms with E-state index < -0.39 is 5.60 Å². The van der Waals surface area contributed by atoms with Crippen LogP contribution in [0.2, 0.25) is 0 Å². The molecule has 0 aliphatic carbocycles. The average Bonchev–Trinajstić information content (AvgIpc) is 2.54. The van der Waals surface area contributed by atoms with Crippen LogP contribution < -0.4 is 0 Å². The first-order valence-corrected chi connectivity index (χ1v) is 6.10. The Kier molecular flexibility index (Phi) is 3.31. The summed E-state index contributed by atoms with van der Waals surface area (Å²) < 4.78 is 0. The monoisotopic (exact) mass is 219 g/mol. The molecule has 1 aromatic carbocycles. The summed E-state index contributed by atoms with van der Waals surface area (Å²) in [4.78, 5) is 2.35. The lowest BCUT2D eigenvalue weighted by molar-refractivity contribution is 0.0291. The molecule has 2 nitrogen and oxygen atoms in total. The minimum atomic E-state index is -0.510. The van der Waals surface area contributed by atoms with Gasteiger partial charge in [0, 0.05) is 25.6 Å². The summed E-state index contributed by atoms with van der Waals surface area (Å²) in [5.41, 5.74) is 0.818. The van der Waals surface area contributed by atoms with Gasteiger partial charge in [0.15, 0.2) is 0 Å². The van der Waals surface area contributed by atoms with Gasteiger partial charge < -0.3 is 5.11 Å². The summed E-state index contributed by atoms with van der Waals surface area (Å²) >= 11 is 0. The third-order valence-corrected chi connectivity index (χ3v) is 3.64. The van der Waals surface area contributed by atoms with Gasteiger partial charge in [0.1, 0.15) is 0 Å². The standard InChI is InChI=1S/C14H21NO/c1-3-13-10-15(11-14(13,2)16)9-12-7-5-4-6-8-12/h4-8,13,16H,3,9-11H2,1-2H3/t13-,14-/m0/s1. The minimum absolute atomic E-state index is 0.413. The van der Waals surface area contributed by atoms with Crippen LogP contribution in [0.5, 0.6) is 0 Å². The highest BCUT2D eigenvalue weighted by molar-refractivity contribution is 5.15. The predicted octanol–water partition coefficient (Wildman–Crippen LogP) is 2.28. The van der Waals surface area contributed by atoms with Gasteiger partial charge in [-0.2, -0.15) is 0 Å². The molecule has 2 rings (SSSR count). The maximum Gasteiger partial charge on any atom is 0.0786 e. The van der Waals surface area contributed by atoms with E-state index in [2.05, 4.69) is 36.1 Å². The van der Waals surface area contributed by atoms with Gasteiger partial charge in [-0.3, -0.25) is 4.90 Å². The molecule has 0 amide bonds. The van der Waals surface area contributed by atoms with Crippen molar-refractivity contribution in [3.05, 3.63) is 35.9 Å². The SMILES string of the molecule is CC[C@H]1CN(Cc2ccccc2)C[C@]1(C)O. The lowest BCUT2D eigenvalue weighted by Gasteiger charge is -2.22. The Balaban J connectivity index is 1.99. The Morgan fingerprint density at radius 3 is 2.62 bits per heavy atom. The Morgan fingerprint density at radius 1 is 1.38 bits per heavy atom. The Morgan fingerprint density at radius 2 is 2.06 bits per heavy atom. The highest BCUT2D eigenvalue weighted by Crippen LogP contribution is 2.30. The molecule has 16 heavy (non-hydrogen) atoms. The summed E-state index contributed by atoms with van der Waals surface area (Å²) in [7, 11) is 0. The lowest BCUT2D eigenvalue weighted by atomic mass is 9.91. The fraction of sp³-hybridized carbons (Fsp3) is 0.571. The van der Waals surface area contributed by atoms with E-state index in [4.69, 9.17) is 0 Å². The molecule has 1 aromatic rings. The molecule has 0 unspecified atom stereocenters. The summed E-state index contributed by atoms with van der Waals surface area (Å²) in [6.07, 6.45) is 1.05. The van der Waals surface area contributed by atoms with Crippen LogP contribution in [0, 0.1) is 5.92 Å². The van der Waals surface area contributed by atoms with Crippen molar-refractivity contribution in [1.29, 1.82) is 0 Å². The topological polar surface area (TPSA) is 23.5 Å². The summed E-state index contributed by atoms with van der Waals surface area (Å²) in [5, 5.41) is 10.3. The molecule has 0 radical (unpaired) electrons. The highest BCUT2D eigenvalue weighted by atomic mass is 16.3. The van der Waals surface area contributed by atoms with E-state index in [0.29, 0.717) is 5.92 Å². The molecule has 1 fully saturated rings. The Bertz CT molecular complexity index is 334. The van der Waals surface area contributed by atoms with Crippen molar-refractivity contribution in [2.75, 3.05) is 13.1 Å². The molecular weight excluding hydrogens is 198 g/mol. The van der Waals surface area contributed by atoms with Crippen molar-refractivity contribution in [1.82, 2.24) is 4.90 Å². The Labute approximate surface area is 97.9 Å². The first-order chi connectivity index (χ1) is 7.62. The first-order valence-electron chi connectivity index (χ1n) is 6.10. The van der Waals surface area contributed by atoms with Crippen LogP contribution in [0.4, 0.5) is 0 Å². The van der Waals surface area contributed by atoms with E-state index >= 15 is 0 Å². The van der Waals surface area contributed by atoms with E-state index in [1.807, 2.05) is 13.0 Å². The average molecular weight is 219 g/mol. The predicted molar refractivity (Wildman–Crippen MR) is 66.1 cm³/mol. The Hall–Kier alpha value is -0.860. The number of benzene rings is 1. The number of hydrogen-bond donors (Lipinski definition) is 1. The number of β-amino-alcohol motifs (C(OH)–C–C–N with tert-alkyl or cyclic N) is 1. The molecule has 88 valence electrons. The molecule has 1 aliphatic rings. The zero-order valence-electron chi connectivity index (χ0n) is 10.2. The number of aliphatic hydroxyl groups is 1. The zero-order chi connectivity index (χ0) is 11.6. The molecule has 1 saturated heterocycles. The van der Waals surface area contributed by atoms with Crippen LogP contribution in [0.25, 0.3) is 0 Å². The van der Waals surface area contributed by atoms with Gasteiger partial charge in [-0.25, -0.2) is 0 Å². The van der Waals surface area contributed by atoms with Gasteiger partial charge in [-0.1, -0.05) is 37.3 Å². The normalized spacial score (nSPS) is 30.8. The van der Waals surface area contributed by atoms with Crippen LogP contribution in [-0.4, -0.2) is 28.7 Å². The molecule has 2 heteroatoms. The quantitative estimate of drug-likeness (QED) is 0.843. The highest BCUT2D eigenvalue weighted by Gasteiger charge is 2.39. The molecule has 2 atom stereocenters. The molecule has 1 N–H and O–H groups in total. The van der Waals surface area contributed by atoms with Crippen LogP contribution in [0.1, 0.15) is 25.8 Å². The molecule has 1 aliphatic heterocycles. The van der Waals surface area contributed by atoms with Gasteiger partial charge in [0.2, 0.25) is 0 Å². The maximum absolute atomic E-state index is 10.3. The number of rotatable bonds is 3. The second-order valence-electron chi connectivity index (χ2n) is 5.12. The van der Waals surface area contributed by atoms with E-state index in [9.17, 15) is 5.11 Å². The van der Waals surface area contributed by atoms with E-state index in [1.165, 1.54) is 5.56 Å². The van der Waals surface area contributed by atoms with Crippen LogP contribution in [0.3, 0.4) is 0 Å². The molecule has 1 heterocycles. The van der Waals surface area contributed by atoms with Gasteiger partial charge in [0.05, 0.1) is 5.60 Å². The molecule has 0 aromatic heterocycles. The first kappa shape index (κ1) is 11.6. The third-order valence-electron chi connectivity index (χ3n) is 3.64. The smallest absolute Gasteiger partial charge is 0.0786 e. The van der Waals surface area contributed by atoms with E-state index in [0.717, 1.165) is 26.1 Å². The minimum Gasteiger partial charge on any atom is -0.389 e. The van der Waals surface area contributed by atoms with Crippen molar-refractivity contribution < 1.29 is 5.11 Å². The number of nitrogens with zero attached hydrogens (tertiary/aromatic N) is 1. The second kappa shape index (κ2) is 4.56. The summed E-state index contributed by atoms with van der Waals surface area (Å²) in [6, 6.07) is 10.5. The van der Waals surface area contributed by atoms with Gasteiger partial charge in [-0.15, -0.1) is 0 Å². The number of likely N-dealkylation sites (tertiary alicyclic amines) is 1. The summed E-state index contributed by atoms with van der Waals surface area (Å²) in [5.74, 6) is 0.413. The van der Waals surface area contributed by atoms with Gasteiger partial charge in [0.25, 0.3) is 0 Å². The van der Waals surface area contributed by atoms with Crippen molar-refractivity contribution in [2.24, 2.45) is 5.92 Å². The van der Waals surface area contributed by atoms with Crippen molar-refractivity contribution in [3.63, 3.8) is 0 Å². The van der Waals surface area contributed by atoms with Gasteiger partial charge in [-0.05, 0) is 18.9 Å². The third kappa shape index (κ3) is 2.45. The zero-order valence-corrected chi connectivity index (χ0v) is 10.2. The van der Waals surface area contributed by atoms with Crippen molar-refractivity contribution >= 4 is 0 Å². The molecular formula is C14H21NO. The van der Waals surface area contributed by atoms with E-state index in [-0.39, 0.29) is 0 Å². The fourth-order valence-corrected chi connectivity index (χ4v) is 2.69. The fourth-order valence-electron chi connectivity index (χ4n) is 2.69. The molecule has 0 saturated carbocycles. The van der Waals surface area contributed by atoms with Crippen molar-refractivity contribution in [2.45, 2.75) is 32.4 Å². The van der Waals surface area contributed by atoms with Crippen LogP contribution >= 0.6 is 0 Å². The molecule has 0 spiro atoms. The van der Waals surface area contributed by atoms with Crippen molar-refractivity contribution in [3.8, 4) is 0 Å². The van der Waals surface area contributed by atoms with E-state index in [1.54, 1.807) is 0 Å². The maximum atomic E-state index is 10.3. The molecule has 0 bridgehead atoms. The lowest BCUT2D eigenvalue weighted by Crippen LogP contribution is -2.33. The van der Waals surface area contributed by atoms with Crippen LogP contribution in [-0.2, 0) is 6.54 Å². The second-order valence-corrected chi connectivity index (χ2v) is 5.12.